The third-order valence-corrected chi connectivity index (χ3v) is 12.0. The summed E-state index contributed by atoms with van der Waals surface area (Å²) in [5.74, 6) is 0. The van der Waals surface area contributed by atoms with Crippen molar-refractivity contribution in [2.45, 2.75) is 6.18 Å². The van der Waals surface area contributed by atoms with Gasteiger partial charge in [0.25, 0.3) is 0 Å². The lowest BCUT2D eigenvalue weighted by atomic mass is 9.94. The van der Waals surface area contributed by atoms with Gasteiger partial charge in [0.1, 0.15) is 11.6 Å². The number of hydrogen-bond acceptors (Lipinski definition) is 6. The van der Waals surface area contributed by atoms with E-state index in [2.05, 4.69) is 30.3 Å². The van der Waals surface area contributed by atoms with Crippen molar-refractivity contribution >= 4 is 43.6 Å². The summed E-state index contributed by atoms with van der Waals surface area (Å²) in [4.78, 5) is 0. The van der Waals surface area contributed by atoms with E-state index >= 15 is 13.2 Å². The lowest BCUT2D eigenvalue weighted by molar-refractivity contribution is -0.137. The van der Waals surface area contributed by atoms with Crippen LogP contribution in [-0.2, 0) is 6.18 Å². The first-order chi connectivity index (χ1) is 32.1. The Morgan fingerprint density at radius 1 is 0.364 bits per heavy atom. The van der Waals surface area contributed by atoms with Gasteiger partial charge in [-0.15, -0.1) is 0 Å². The Kier molecular flexibility index (Phi) is 9.41. The van der Waals surface area contributed by atoms with Crippen molar-refractivity contribution in [2.75, 3.05) is 0 Å². The van der Waals surface area contributed by atoms with E-state index in [9.17, 15) is 31.6 Å². The van der Waals surface area contributed by atoms with Gasteiger partial charge in [0.15, 0.2) is 0 Å². The van der Waals surface area contributed by atoms with Gasteiger partial charge in [-0.25, -0.2) is 0 Å². The number of benzene rings is 8. The predicted octanol–water partition coefficient (Wildman–Crippen LogP) is 13.1. The first-order valence-corrected chi connectivity index (χ1v) is 20.2. The number of alkyl halides is 3. The lowest BCUT2D eigenvalue weighted by Crippen LogP contribution is -2.09. The molecule has 0 aliphatic heterocycles. The maximum absolute atomic E-state index is 15.1. The quantitative estimate of drug-likeness (QED) is 0.168. The fraction of sp³-hybridized carbons (Fsp3) is 0.0182. The standard InChI is InChI=1S/C55H25F3N8/c56-55(57,58)48-21-34(28-61)11-16-42(48)37-24-53(65-49-7-3-1-5-43(49)45-22-35(12-17-51(45)65)40-14-9-32(26-59)19-38(40)29-62)47(31-64)54(25-37)66-50-8-4-2-6-44(50)46-23-36(13-18-52(46)66)41-15-10-33(27-60)20-39(41)30-63/h1-25H. The number of fused-ring (bicyclic) bond motifs is 6. The van der Waals surface area contributed by atoms with E-state index in [4.69, 9.17) is 0 Å². The summed E-state index contributed by atoms with van der Waals surface area (Å²) >= 11 is 0. The van der Waals surface area contributed by atoms with Crippen LogP contribution in [-0.4, -0.2) is 9.13 Å². The number of hydrogen-bond donors (Lipinski definition) is 0. The molecule has 0 aliphatic carbocycles. The second-order valence-corrected chi connectivity index (χ2v) is 15.5. The topological polar surface area (TPSA) is 153 Å². The van der Waals surface area contributed by atoms with Crippen molar-refractivity contribution in [1.82, 2.24) is 9.13 Å². The smallest absolute Gasteiger partial charge is 0.308 e. The summed E-state index contributed by atoms with van der Waals surface area (Å²) in [5.41, 5.74) is 5.95. The third-order valence-electron chi connectivity index (χ3n) is 12.0. The van der Waals surface area contributed by atoms with Crippen LogP contribution in [0, 0.1) is 68.0 Å². The Morgan fingerprint density at radius 2 is 0.788 bits per heavy atom. The van der Waals surface area contributed by atoms with Crippen LogP contribution in [0.25, 0.3) is 88.4 Å². The monoisotopic (exact) mass is 854 g/mol. The lowest BCUT2D eigenvalue weighted by Gasteiger charge is -2.20. The molecule has 0 spiro atoms. The molecule has 11 heteroatoms. The average Bonchev–Trinajstić information content (AvgIpc) is 3.87. The van der Waals surface area contributed by atoms with E-state index in [1.54, 1.807) is 36.4 Å². The third kappa shape index (κ3) is 6.34. The number of nitriles is 6. The summed E-state index contributed by atoms with van der Waals surface area (Å²) in [6.07, 6.45) is -4.86. The minimum Gasteiger partial charge on any atom is -0.308 e. The van der Waals surface area contributed by atoms with E-state index in [1.165, 1.54) is 24.3 Å². The van der Waals surface area contributed by atoms with Crippen LogP contribution in [0.3, 0.4) is 0 Å². The molecular formula is C55H25F3N8. The van der Waals surface area contributed by atoms with Crippen molar-refractivity contribution in [2.24, 2.45) is 0 Å². The molecule has 0 saturated carbocycles. The SMILES string of the molecule is N#Cc1ccc(-c2ccc3c(c2)c2ccccc2n3-c2cc(-c3ccc(C#N)cc3C(F)(F)F)cc(-n3c4ccccc4c4cc(-c5ccc(C#N)cc5C#N)ccc43)c2C#N)c(C#N)c1. The van der Waals surface area contributed by atoms with Crippen LogP contribution in [0.1, 0.15) is 38.9 Å². The van der Waals surface area contributed by atoms with Crippen LogP contribution < -0.4 is 0 Å². The highest BCUT2D eigenvalue weighted by molar-refractivity contribution is 6.12. The van der Waals surface area contributed by atoms with Crippen molar-refractivity contribution in [3.63, 3.8) is 0 Å². The predicted molar refractivity (Wildman–Crippen MR) is 245 cm³/mol. The molecule has 2 heterocycles. The molecule has 8 aromatic carbocycles. The fourth-order valence-electron chi connectivity index (χ4n) is 9.05. The normalized spacial score (nSPS) is 11.2. The molecule has 66 heavy (non-hydrogen) atoms. The maximum atomic E-state index is 15.1. The number of aromatic nitrogens is 2. The van der Waals surface area contributed by atoms with Crippen LogP contribution >= 0.6 is 0 Å². The van der Waals surface area contributed by atoms with Gasteiger partial charge in [0.2, 0.25) is 0 Å². The first kappa shape index (κ1) is 40.2. The Balaban J connectivity index is 1.31. The minimum atomic E-state index is -4.86. The minimum absolute atomic E-state index is 0.133. The zero-order valence-corrected chi connectivity index (χ0v) is 34.1. The first-order valence-electron chi connectivity index (χ1n) is 20.2. The highest BCUT2D eigenvalue weighted by Crippen LogP contribution is 2.44. The van der Waals surface area contributed by atoms with Gasteiger partial charge in [0, 0.05) is 21.5 Å². The van der Waals surface area contributed by atoms with Crippen molar-refractivity contribution in [3.05, 3.63) is 191 Å². The molecule has 2 aromatic heterocycles. The van der Waals surface area contributed by atoms with Crippen LogP contribution in [0.15, 0.2) is 152 Å². The van der Waals surface area contributed by atoms with Crippen molar-refractivity contribution in [3.8, 4) is 81.2 Å². The maximum Gasteiger partial charge on any atom is 0.417 e. The van der Waals surface area contributed by atoms with E-state index in [0.29, 0.717) is 66.6 Å². The number of rotatable bonds is 5. The van der Waals surface area contributed by atoms with Gasteiger partial charge in [-0.05, 0) is 118 Å². The van der Waals surface area contributed by atoms with Gasteiger partial charge >= 0.3 is 6.18 Å². The van der Waals surface area contributed by atoms with E-state index in [0.717, 1.165) is 27.6 Å². The summed E-state index contributed by atoms with van der Waals surface area (Å²) in [7, 11) is 0. The highest BCUT2D eigenvalue weighted by atomic mass is 19.4. The van der Waals surface area contributed by atoms with Gasteiger partial charge < -0.3 is 9.13 Å². The summed E-state index contributed by atoms with van der Waals surface area (Å²) in [5, 5.41) is 63.2. The summed E-state index contributed by atoms with van der Waals surface area (Å²) in [6.45, 7) is 0. The van der Waals surface area contributed by atoms with E-state index in [1.807, 2.05) is 100 Å². The van der Waals surface area contributed by atoms with E-state index in [-0.39, 0.29) is 33.6 Å². The Labute approximate surface area is 374 Å². The molecule has 0 radical (unpaired) electrons. The van der Waals surface area contributed by atoms with E-state index < -0.39 is 11.7 Å². The number of halogens is 3. The van der Waals surface area contributed by atoms with Crippen LogP contribution in [0.4, 0.5) is 13.2 Å². The number of nitrogens with zero attached hydrogens (tertiary/aromatic N) is 8. The van der Waals surface area contributed by atoms with Crippen LogP contribution in [0.2, 0.25) is 0 Å². The van der Waals surface area contributed by atoms with Gasteiger partial charge in [0.05, 0.1) is 97.2 Å². The van der Waals surface area contributed by atoms with Crippen molar-refractivity contribution in [1.29, 1.82) is 31.6 Å². The molecule has 306 valence electrons. The Hall–Kier alpha value is -9.91. The average molecular weight is 855 g/mol. The summed E-state index contributed by atoms with van der Waals surface area (Å²) < 4.78 is 49.0. The second kappa shape index (κ2) is 15.5. The largest absolute Gasteiger partial charge is 0.417 e. The van der Waals surface area contributed by atoms with Crippen LogP contribution in [0.5, 0.6) is 0 Å². The molecule has 0 saturated heterocycles. The second-order valence-electron chi connectivity index (χ2n) is 15.5. The Morgan fingerprint density at radius 3 is 1.21 bits per heavy atom. The molecule has 10 aromatic rings. The van der Waals surface area contributed by atoms with Gasteiger partial charge in [-0.1, -0.05) is 66.7 Å². The molecular weight excluding hydrogens is 830 g/mol. The molecule has 0 fully saturated rings. The molecule has 0 unspecified atom stereocenters. The molecule has 8 nitrogen and oxygen atoms in total. The fourth-order valence-corrected chi connectivity index (χ4v) is 9.05. The zero-order chi connectivity index (χ0) is 45.9. The molecule has 0 aliphatic rings. The number of para-hydroxylation sites is 2. The molecule has 10 rings (SSSR count). The highest BCUT2D eigenvalue weighted by Gasteiger charge is 2.35. The summed E-state index contributed by atoms with van der Waals surface area (Å²) in [6, 6.07) is 55.3. The molecule has 0 N–H and O–H groups in total. The van der Waals surface area contributed by atoms with Gasteiger partial charge in [-0.3, -0.25) is 0 Å². The molecule has 0 bridgehead atoms. The Bertz CT molecular complexity index is 3800. The van der Waals surface area contributed by atoms with Crippen molar-refractivity contribution < 1.29 is 13.2 Å². The molecule has 0 atom stereocenters. The molecule has 0 amide bonds. The van der Waals surface area contributed by atoms with Gasteiger partial charge in [-0.2, -0.15) is 44.7 Å². The zero-order valence-electron chi connectivity index (χ0n) is 34.1.